The molecule has 5 heteroatoms. The minimum atomic E-state index is -0.350. The van der Waals surface area contributed by atoms with Crippen LogP contribution < -0.4 is 10.5 Å². The van der Waals surface area contributed by atoms with Gasteiger partial charge in [-0.25, -0.2) is 4.39 Å². The molecule has 0 unspecified atom stereocenters. The summed E-state index contributed by atoms with van der Waals surface area (Å²) in [4.78, 5) is 0. The van der Waals surface area contributed by atoms with E-state index in [0.29, 0.717) is 11.3 Å². The Balaban J connectivity index is 2.16. The van der Waals surface area contributed by atoms with Gasteiger partial charge in [0, 0.05) is 10.0 Å². The van der Waals surface area contributed by atoms with Gasteiger partial charge in [-0.1, -0.05) is 22.0 Å². The number of hydrogen-bond donors (Lipinski definition) is 2. The molecule has 3 N–H and O–H groups in total. The second-order valence-corrected chi connectivity index (χ2v) is 4.63. The molecule has 0 saturated carbocycles. The van der Waals surface area contributed by atoms with Crippen molar-refractivity contribution in [1.82, 2.24) is 0 Å². The van der Waals surface area contributed by atoms with Gasteiger partial charge in [0.25, 0.3) is 0 Å². The highest BCUT2D eigenvalue weighted by atomic mass is 79.9. The molecular weight excluding hydrogens is 301 g/mol. The Kier molecular flexibility index (Phi) is 3.72. The van der Waals surface area contributed by atoms with E-state index >= 15 is 0 Å². The van der Waals surface area contributed by atoms with Crippen molar-refractivity contribution in [2.24, 2.45) is 0 Å². The zero-order valence-electron chi connectivity index (χ0n) is 9.36. The molecule has 0 aliphatic rings. The van der Waals surface area contributed by atoms with Crippen LogP contribution in [0.2, 0.25) is 0 Å². The van der Waals surface area contributed by atoms with Gasteiger partial charge in [-0.3, -0.25) is 0 Å². The lowest BCUT2D eigenvalue weighted by Crippen LogP contribution is -2.01. The van der Waals surface area contributed by atoms with Gasteiger partial charge < -0.3 is 15.6 Å². The fourth-order valence-corrected chi connectivity index (χ4v) is 1.88. The number of nitrogens with two attached hydrogens (primary N) is 1. The van der Waals surface area contributed by atoms with E-state index < -0.39 is 0 Å². The Morgan fingerprint density at radius 3 is 2.83 bits per heavy atom. The summed E-state index contributed by atoms with van der Waals surface area (Å²) in [6, 6.07) is 9.29. The first-order valence-electron chi connectivity index (χ1n) is 5.22. The number of aromatic hydroxyl groups is 1. The highest BCUT2D eigenvalue weighted by molar-refractivity contribution is 9.10. The maximum atomic E-state index is 13.5. The van der Waals surface area contributed by atoms with Crippen LogP contribution in [0.15, 0.2) is 40.9 Å². The molecule has 0 spiro atoms. The zero-order chi connectivity index (χ0) is 13.1. The Bertz CT molecular complexity index is 573. The van der Waals surface area contributed by atoms with E-state index in [1.165, 1.54) is 12.1 Å². The first kappa shape index (κ1) is 12.7. The van der Waals surface area contributed by atoms with E-state index in [9.17, 15) is 9.50 Å². The third-order valence-corrected chi connectivity index (χ3v) is 2.93. The molecule has 18 heavy (non-hydrogen) atoms. The van der Waals surface area contributed by atoms with Crippen LogP contribution in [0.25, 0.3) is 0 Å². The zero-order valence-corrected chi connectivity index (χ0v) is 10.9. The molecular formula is C13H11BrFNO2. The molecule has 0 radical (unpaired) electrons. The number of nitrogen functional groups attached to an aromatic ring is 1. The van der Waals surface area contributed by atoms with E-state index in [1.807, 2.05) is 0 Å². The van der Waals surface area contributed by atoms with Crippen molar-refractivity contribution >= 4 is 21.6 Å². The topological polar surface area (TPSA) is 55.5 Å². The van der Waals surface area contributed by atoms with Crippen molar-refractivity contribution < 1.29 is 14.2 Å². The highest BCUT2D eigenvalue weighted by Gasteiger charge is 2.07. The summed E-state index contributed by atoms with van der Waals surface area (Å²) in [5.74, 6) is -0.0754. The molecule has 0 bridgehead atoms. The van der Waals surface area contributed by atoms with Crippen LogP contribution in [0.3, 0.4) is 0 Å². The van der Waals surface area contributed by atoms with Gasteiger partial charge in [0.1, 0.15) is 29.6 Å². The smallest absolute Gasteiger partial charge is 0.146 e. The van der Waals surface area contributed by atoms with E-state index in [0.717, 1.165) is 4.47 Å². The normalized spacial score (nSPS) is 10.3. The van der Waals surface area contributed by atoms with Crippen LogP contribution in [-0.2, 0) is 6.61 Å². The summed E-state index contributed by atoms with van der Waals surface area (Å²) in [5.41, 5.74) is 6.19. The van der Waals surface area contributed by atoms with Crippen molar-refractivity contribution in [2.45, 2.75) is 6.61 Å². The molecule has 2 aromatic rings. The molecule has 0 atom stereocenters. The lowest BCUT2D eigenvalue weighted by atomic mass is 10.2. The minimum absolute atomic E-state index is 0.0406. The van der Waals surface area contributed by atoms with Crippen LogP contribution in [0.1, 0.15) is 5.56 Å². The average Bonchev–Trinajstić information content (AvgIpc) is 2.35. The SMILES string of the molecule is Nc1c(O)cccc1OCc1cc(Br)ccc1F. The van der Waals surface area contributed by atoms with E-state index in [4.69, 9.17) is 10.5 Å². The predicted molar refractivity (Wildman–Crippen MR) is 71.0 cm³/mol. The Hall–Kier alpha value is -1.75. The molecule has 0 saturated heterocycles. The van der Waals surface area contributed by atoms with Crippen LogP contribution in [0.4, 0.5) is 10.1 Å². The summed E-state index contributed by atoms with van der Waals surface area (Å²) in [7, 11) is 0. The first-order valence-corrected chi connectivity index (χ1v) is 6.01. The summed E-state index contributed by atoms with van der Waals surface area (Å²) < 4.78 is 19.6. The average molecular weight is 312 g/mol. The third-order valence-electron chi connectivity index (χ3n) is 2.43. The summed E-state index contributed by atoms with van der Waals surface area (Å²) in [5, 5.41) is 9.41. The Morgan fingerprint density at radius 2 is 2.06 bits per heavy atom. The molecule has 0 aromatic heterocycles. The predicted octanol–water partition coefficient (Wildman–Crippen LogP) is 3.46. The van der Waals surface area contributed by atoms with E-state index in [-0.39, 0.29) is 23.9 Å². The van der Waals surface area contributed by atoms with Gasteiger partial charge in [0.15, 0.2) is 0 Å². The first-order chi connectivity index (χ1) is 8.58. The van der Waals surface area contributed by atoms with Gasteiger partial charge in [0.05, 0.1) is 0 Å². The van der Waals surface area contributed by atoms with Crippen LogP contribution >= 0.6 is 15.9 Å². The lowest BCUT2D eigenvalue weighted by Gasteiger charge is -2.10. The number of anilines is 1. The minimum Gasteiger partial charge on any atom is -0.506 e. The molecule has 2 aromatic carbocycles. The molecule has 0 aliphatic heterocycles. The van der Waals surface area contributed by atoms with Crippen LogP contribution in [0, 0.1) is 5.82 Å². The number of rotatable bonds is 3. The quantitative estimate of drug-likeness (QED) is 0.674. The second kappa shape index (κ2) is 5.27. The number of phenols is 1. The fourth-order valence-electron chi connectivity index (χ4n) is 1.47. The third kappa shape index (κ3) is 2.73. The lowest BCUT2D eigenvalue weighted by molar-refractivity contribution is 0.300. The second-order valence-electron chi connectivity index (χ2n) is 3.71. The Morgan fingerprint density at radius 1 is 1.28 bits per heavy atom. The van der Waals surface area contributed by atoms with Gasteiger partial charge in [-0.2, -0.15) is 0 Å². The van der Waals surface area contributed by atoms with Gasteiger partial charge >= 0.3 is 0 Å². The summed E-state index contributed by atoms with van der Waals surface area (Å²) >= 11 is 3.26. The Labute approximate surface area is 112 Å². The maximum Gasteiger partial charge on any atom is 0.146 e. The molecule has 0 amide bonds. The number of para-hydroxylation sites is 1. The van der Waals surface area contributed by atoms with Crippen LogP contribution in [0.5, 0.6) is 11.5 Å². The molecule has 0 heterocycles. The number of hydrogen-bond acceptors (Lipinski definition) is 3. The van der Waals surface area contributed by atoms with Gasteiger partial charge in [-0.05, 0) is 30.3 Å². The van der Waals surface area contributed by atoms with Crippen molar-refractivity contribution in [3.63, 3.8) is 0 Å². The molecule has 3 nitrogen and oxygen atoms in total. The molecule has 94 valence electrons. The monoisotopic (exact) mass is 311 g/mol. The van der Waals surface area contributed by atoms with Crippen molar-refractivity contribution in [3.8, 4) is 11.5 Å². The molecule has 0 fully saturated rings. The van der Waals surface area contributed by atoms with Crippen molar-refractivity contribution in [1.29, 1.82) is 0 Å². The fraction of sp³-hybridized carbons (Fsp3) is 0.0769. The largest absolute Gasteiger partial charge is 0.506 e. The summed E-state index contributed by atoms with van der Waals surface area (Å²) in [6.45, 7) is 0.0406. The standard InChI is InChI=1S/C13H11BrFNO2/c14-9-4-5-10(15)8(6-9)7-18-12-3-1-2-11(17)13(12)16/h1-6,17H,7,16H2. The maximum absolute atomic E-state index is 13.5. The number of ether oxygens (including phenoxy) is 1. The van der Waals surface area contributed by atoms with E-state index in [1.54, 1.807) is 24.3 Å². The number of phenolic OH excluding ortho intramolecular Hbond substituents is 1. The van der Waals surface area contributed by atoms with Crippen molar-refractivity contribution in [3.05, 3.63) is 52.3 Å². The number of benzene rings is 2. The van der Waals surface area contributed by atoms with Gasteiger partial charge in [0.2, 0.25) is 0 Å². The van der Waals surface area contributed by atoms with Crippen molar-refractivity contribution in [2.75, 3.05) is 5.73 Å². The molecule has 0 aliphatic carbocycles. The molecule has 2 rings (SSSR count). The highest BCUT2D eigenvalue weighted by Crippen LogP contribution is 2.30. The summed E-state index contributed by atoms with van der Waals surface area (Å²) in [6.07, 6.45) is 0. The van der Waals surface area contributed by atoms with Crippen LogP contribution in [-0.4, -0.2) is 5.11 Å². The van der Waals surface area contributed by atoms with Gasteiger partial charge in [-0.15, -0.1) is 0 Å². The number of halogens is 2. The van der Waals surface area contributed by atoms with E-state index in [2.05, 4.69) is 15.9 Å².